The Balaban J connectivity index is 3.14. The van der Waals surface area contributed by atoms with Gasteiger partial charge in [-0.2, -0.15) is 0 Å². The first kappa shape index (κ1) is 12.8. The molecule has 16 heavy (non-hydrogen) atoms. The van der Waals surface area contributed by atoms with Crippen LogP contribution < -0.4 is 4.74 Å². The summed E-state index contributed by atoms with van der Waals surface area (Å²) in [6, 6.07) is 0.482. The Bertz CT molecular complexity index is 395. The zero-order valence-electron chi connectivity index (χ0n) is 7.23. The molecule has 1 heterocycles. The van der Waals surface area contributed by atoms with Gasteiger partial charge in [-0.1, -0.05) is 11.6 Å². The molecule has 0 amide bonds. The minimum atomic E-state index is -5.08. The minimum absolute atomic E-state index is 0.482. The molecular weight excluding hydrogens is 261 g/mol. The first-order valence-electron chi connectivity index (χ1n) is 3.64. The Morgan fingerprint density at radius 2 is 1.94 bits per heavy atom. The van der Waals surface area contributed by atoms with Gasteiger partial charge in [0.15, 0.2) is 11.4 Å². The van der Waals surface area contributed by atoms with Crippen molar-refractivity contribution < 1.29 is 31.8 Å². The van der Waals surface area contributed by atoms with Crippen LogP contribution in [-0.2, 0) is 0 Å². The Labute approximate surface area is 90.4 Å². The predicted octanol–water partition coefficient (Wildman–Crippen LogP) is 3.28. The van der Waals surface area contributed by atoms with Gasteiger partial charge in [-0.25, -0.2) is 13.8 Å². The normalized spacial score (nSPS) is 11.9. The van der Waals surface area contributed by atoms with Gasteiger partial charge < -0.3 is 9.84 Å². The molecule has 0 saturated carbocycles. The molecule has 0 saturated heterocycles. The SMILES string of the molecule is Oc1c(Cl)cc(OC(F)(F)F)nc1C(F)F. The summed E-state index contributed by atoms with van der Waals surface area (Å²) >= 11 is 5.22. The van der Waals surface area contributed by atoms with E-state index in [0.29, 0.717) is 6.07 Å². The van der Waals surface area contributed by atoms with Crippen molar-refractivity contribution in [2.45, 2.75) is 12.8 Å². The number of pyridine rings is 1. The fourth-order valence-corrected chi connectivity index (χ4v) is 1.02. The molecule has 90 valence electrons. The maximum atomic E-state index is 12.2. The lowest BCUT2D eigenvalue weighted by Gasteiger charge is -2.10. The Hall–Kier alpha value is -1.31. The molecule has 0 aromatic carbocycles. The third-order valence-corrected chi connectivity index (χ3v) is 1.66. The first-order valence-corrected chi connectivity index (χ1v) is 4.02. The summed E-state index contributed by atoms with van der Waals surface area (Å²) < 4.78 is 62.9. The van der Waals surface area contributed by atoms with Gasteiger partial charge in [0.25, 0.3) is 6.43 Å². The van der Waals surface area contributed by atoms with Gasteiger partial charge in [0.1, 0.15) is 0 Å². The molecule has 1 N–H and O–H groups in total. The molecule has 0 radical (unpaired) electrons. The van der Waals surface area contributed by atoms with Crippen LogP contribution in [0.5, 0.6) is 11.6 Å². The van der Waals surface area contributed by atoms with Gasteiger partial charge >= 0.3 is 6.36 Å². The maximum absolute atomic E-state index is 12.2. The second-order valence-corrected chi connectivity index (χ2v) is 2.93. The van der Waals surface area contributed by atoms with E-state index in [1.165, 1.54) is 0 Å². The Morgan fingerprint density at radius 3 is 2.38 bits per heavy atom. The molecule has 0 atom stereocenters. The fourth-order valence-electron chi connectivity index (χ4n) is 0.826. The van der Waals surface area contributed by atoms with Crippen molar-refractivity contribution in [3.8, 4) is 11.6 Å². The number of hydrogen-bond acceptors (Lipinski definition) is 3. The molecule has 0 aliphatic rings. The van der Waals surface area contributed by atoms with Crippen LogP contribution in [0.2, 0.25) is 5.02 Å². The highest BCUT2D eigenvalue weighted by Crippen LogP contribution is 2.36. The minimum Gasteiger partial charge on any atom is -0.504 e. The molecule has 1 aromatic heterocycles. The molecule has 3 nitrogen and oxygen atoms in total. The topological polar surface area (TPSA) is 42.4 Å². The van der Waals surface area contributed by atoms with Crippen LogP contribution >= 0.6 is 11.6 Å². The molecule has 0 fully saturated rings. The van der Waals surface area contributed by atoms with Crippen molar-refractivity contribution in [2.75, 3.05) is 0 Å². The first-order chi connectivity index (χ1) is 7.20. The zero-order valence-corrected chi connectivity index (χ0v) is 7.98. The highest BCUT2D eigenvalue weighted by molar-refractivity contribution is 6.32. The third-order valence-electron chi connectivity index (χ3n) is 1.38. The lowest BCUT2D eigenvalue weighted by Crippen LogP contribution is -2.18. The number of rotatable bonds is 2. The van der Waals surface area contributed by atoms with Crippen molar-refractivity contribution in [2.24, 2.45) is 0 Å². The molecule has 9 heteroatoms. The Morgan fingerprint density at radius 1 is 1.38 bits per heavy atom. The molecule has 0 aliphatic heterocycles. The van der Waals surface area contributed by atoms with Crippen LogP contribution in [-0.4, -0.2) is 16.5 Å². The summed E-state index contributed by atoms with van der Waals surface area (Å²) in [5, 5.41) is 8.28. The number of hydrogen-bond donors (Lipinski definition) is 1. The van der Waals surface area contributed by atoms with E-state index in [2.05, 4.69) is 9.72 Å². The largest absolute Gasteiger partial charge is 0.574 e. The molecule has 0 unspecified atom stereocenters. The monoisotopic (exact) mass is 263 g/mol. The van der Waals surface area contributed by atoms with E-state index < -0.39 is 35.1 Å². The highest BCUT2D eigenvalue weighted by atomic mass is 35.5. The van der Waals surface area contributed by atoms with Gasteiger partial charge in [0.2, 0.25) is 5.88 Å². The fraction of sp³-hybridized carbons (Fsp3) is 0.286. The smallest absolute Gasteiger partial charge is 0.504 e. The number of halogens is 6. The third kappa shape index (κ3) is 3.09. The lowest BCUT2D eigenvalue weighted by atomic mass is 10.3. The molecule has 1 aromatic rings. The summed E-state index contributed by atoms with van der Waals surface area (Å²) in [6.07, 6.45) is -8.35. The molecule has 0 spiro atoms. The predicted molar refractivity (Wildman–Crippen MR) is 42.6 cm³/mol. The zero-order chi connectivity index (χ0) is 12.5. The van der Waals surface area contributed by atoms with E-state index in [-0.39, 0.29) is 0 Å². The van der Waals surface area contributed by atoms with Crippen molar-refractivity contribution in [1.29, 1.82) is 0 Å². The lowest BCUT2D eigenvalue weighted by molar-refractivity contribution is -0.276. The average molecular weight is 264 g/mol. The van der Waals surface area contributed by atoms with Crippen molar-refractivity contribution in [1.82, 2.24) is 4.98 Å². The van der Waals surface area contributed by atoms with E-state index >= 15 is 0 Å². The van der Waals surface area contributed by atoms with Crippen molar-refractivity contribution in [3.05, 3.63) is 16.8 Å². The van der Waals surface area contributed by atoms with Gasteiger partial charge in [0, 0.05) is 6.07 Å². The van der Waals surface area contributed by atoms with Crippen LogP contribution in [0, 0.1) is 0 Å². The second kappa shape index (κ2) is 4.28. The van der Waals surface area contributed by atoms with E-state index in [1.54, 1.807) is 0 Å². The van der Waals surface area contributed by atoms with Crippen LogP contribution in [0.25, 0.3) is 0 Å². The summed E-state index contributed by atoms with van der Waals surface area (Å²) in [6.45, 7) is 0. The maximum Gasteiger partial charge on any atom is 0.574 e. The number of aromatic hydroxyl groups is 1. The number of aromatic nitrogens is 1. The van der Waals surface area contributed by atoms with Crippen LogP contribution in [0.1, 0.15) is 12.1 Å². The average Bonchev–Trinajstić information content (AvgIpc) is 2.07. The van der Waals surface area contributed by atoms with Crippen molar-refractivity contribution >= 4 is 11.6 Å². The van der Waals surface area contributed by atoms with E-state index in [4.69, 9.17) is 16.7 Å². The summed E-state index contributed by atoms with van der Waals surface area (Å²) in [4.78, 5) is 2.79. The van der Waals surface area contributed by atoms with Gasteiger partial charge in [-0.05, 0) is 0 Å². The molecule has 1 rings (SSSR count). The summed E-state index contributed by atoms with van der Waals surface area (Å²) in [5.41, 5.74) is -1.27. The van der Waals surface area contributed by atoms with Crippen LogP contribution in [0.3, 0.4) is 0 Å². The summed E-state index contributed by atoms with van der Waals surface area (Å²) in [7, 11) is 0. The number of nitrogens with zero attached hydrogens (tertiary/aromatic N) is 1. The molecular formula is C7H3ClF5NO2. The van der Waals surface area contributed by atoms with Crippen LogP contribution in [0.15, 0.2) is 6.07 Å². The van der Waals surface area contributed by atoms with Gasteiger partial charge in [0.05, 0.1) is 5.02 Å². The van der Waals surface area contributed by atoms with E-state index in [0.717, 1.165) is 0 Å². The number of ether oxygens (including phenoxy) is 1. The molecule has 0 bridgehead atoms. The standard InChI is InChI=1S/C7H3ClF5NO2/c8-2-1-3(16-7(11,12)13)14-4(5(2)15)6(9)10/h1,6,15H. The second-order valence-electron chi connectivity index (χ2n) is 2.52. The quantitative estimate of drug-likeness (QED) is 0.833. The highest BCUT2D eigenvalue weighted by Gasteiger charge is 2.33. The number of alkyl halides is 5. The summed E-state index contributed by atoms with van der Waals surface area (Å²) in [5.74, 6) is -2.24. The van der Waals surface area contributed by atoms with Gasteiger partial charge in [-0.3, -0.25) is 0 Å². The van der Waals surface area contributed by atoms with E-state index in [1.807, 2.05) is 0 Å². The van der Waals surface area contributed by atoms with E-state index in [9.17, 15) is 22.0 Å². The Kier molecular flexibility index (Phi) is 3.41. The van der Waals surface area contributed by atoms with Crippen molar-refractivity contribution in [3.63, 3.8) is 0 Å². The van der Waals surface area contributed by atoms with Crippen LogP contribution in [0.4, 0.5) is 22.0 Å². The van der Waals surface area contributed by atoms with Gasteiger partial charge in [-0.15, -0.1) is 13.2 Å². The molecule has 0 aliphatic carbocycles.